The highest BCUT2D eigenvalue weighted by Crippen LogP contribution is 2.35. The van der Waals surface area contributed by atoms with Crippen molar-refractivity contribution in [1.29, 1.82) is 0 Å². The van der Waals surface area contributed by atoms with Gasteiger partial charge in [0.2, 0.25) is 0 Å². The van der Waals surface area contributed by atoms with Crippen molar-refractivity contribution in [3.8, 4) is 67.5 Å². The molecule has 9 rings (SSSR count). The number of furan rings is 1. The van der Waals surface area contributed by atoms with Gasteiger partial charge in [-0.05, 0) is 57.6 Å². The maximum atomic E-state index is 6.46. The van der Waals surface area contributed by atoms with Gasteiger partial charge in [-0.15, -0.1) is 32.8 Å². The van der Waals surface area contributed by atoms with E-state index >= 15 is 0 Å². The largest absolute Gasteiger partial charge is 0.456 e. The first kappa shape index (κ1) is 38.5. The summed E-state index contributed by atoms with van der Waals surface area (Å²) in [5, 5.41) is 1.82. The lowest BCUT2D eigenvalue weighted by atomic mass is 9.60. The number of rotatable bonds is 6. The smallest absolute Gasteiger partial charge is 0.164 e. The van der Waals surface area contributed by atoms with E-state index in [2.05, 4.69) is 71.7 Å². The van der Waals surface area contributed by atoms with Gasteiger partial charge in [-0.2, -0.15) is 0 Å². The topological polar surface area (TPSA) is 51.8 Å². The van der Waals surface area contributed by atoms with E-state index in [4.69, 9.17) is 92.8 Å². The summed E-state index contributed by atoms with van der Waals surface area (Å²) in [6, 6.07) is 39.2. The van der Waals surface area contributed by atoms with E-state index in [1.54, 1.807) is 0 Å². The fourth-order valence-electron chi connectivity index (χ4n) is 7.35. The lowest BCUT2D eigenvalue weighted by Crippen LogP contribution is -2.55. The number of benzene rings is 7. The highest BCUT2D eigenvalue weighted by molar-refractivity contribution is 6.69. The molecule has 9 aromatic rings. The maximum Gasteiger partial charge on any atom is 0.164 e. The molecular formula is C45H19B10N3O. The highest BCUT2D eigenvalue weighted by Gasteiger charge is 2.22. The van der Waals surface area contributed by atoms with Gasteiger partial charge in [0.1, 0.15) is 89.6 Å². The SMILES string of the molecule is [B]c1c([B])c([B])c(-c2nc(-c3ccc4c(c3)oc3ccc(-c5ccc(-c6ccc(-c7ccccc7)cc6)cc5)cc34)nc(-c3c([B])c([B])c([B])c([B])c3[B])n2)c([B])c1[B]. The van der Waals surface area contributed by atoms with E-state index in [1.807, 2.05) is 48.5 Å². The fourth-order valence-corrected chi connectivity index (χ4v) is 7.35. The van der Waals surface area contributed by atoms with Gasteiger partial charge in [-0.1, -0.05) is 113 Å². The molecule has 0 N–H and O–H groups in total. The van der Waals surface area contributed by atoms with Crippen LogP contribution in [0, 0.1) is 0 Å². The van der Waals surface area contributed by atoms with Crippen LogP contribution in [0.5, 0.6) is 0 Å². The molecule has 7 aromatic carbocycles. The van der Waals surface area contributed by atoms with Gasteiger partial charge < -0.3 is 4.42 Å². The van der Waals surface area contributed by atoms with Crippen molar-refractivity contribution in [2.75, 3.05) is 0 Å². The van der Waals surface area contributed by atoms with Crippen LogP contribution in [0.15, 0.2) is 120 Å². The number of aromatic nitrogens is 3. The zero-order valence-corrected chi connectivity index (χ0v) is 31.5. The Kier molecular flexibility index (Phi) is 9.78. The normalized spacial score (nSPS) is 11.4. The molecule has 250 valence electrons. The summed E-state index contributed by atoms with van der Waals surface area (Å²) in [7, 11) is 62.9. The van der Waals surface area contributed by atoms with Crippen molar-refractivity contribution in [3.63, 3.8) is 0 Å². The summed E-state index contributed by atoms with van der Waals surface area (Å²) in [6.45, 7) is 0. The van der Waals surface area contributed by atoms with Crippen LogP contribution in [-0.4, -0.2) is 93.4 Å². The predicted octanol–water partition coefficient (Wildman–Crippen LogP) is -0.289. The molecular weight excluding hydrogens is 707 g/mol. The van der Waals surface area contributed by atoms with E-state index in [0.29, 0.717) is 16.7 Å². The van der Waals surface area contributed by atoms with Gasteiger partial charge in [0.25, 0.3) is 0 Å². The maximum absolute atomic E-state index is 6.46. The lowest BCUT2D eigenvalue weighted by Gasteiger charge is -2.22. The third-order valence-corrected chi connectivity index (χ3v) is 10.8. The first-order valence-corrected chi connectivity index (χ1v) is 18.4. The molecule has 2 heterocycles. The lowest BCUT2D eigenvalue weighted by molar-refractivity contribution is 0.669. The average Bonchev–Trinajstić information content (AvgIpc) is 3.64. The molecule has 0 unspecified atom stereocenters. The highest BCUT2D eigenvalue weighted by atomic mass is 16.3. The second-order valence-electron chi connectivity index (χ2n) is 14.2. The van der Waals surface area contributed by atoms with Crippen molar-refractivity contribution in [2.24, 2.45) is 0 Å². The minimum atomic E-state index is 0.00994. The van der Waals surface area contributed by atoms with Gasteiger partial charge in [-0.3, -0.25) is 0 Å². The molecule has 14 heteroatoms. The molecule has 0 bridgehead atoms. The summed E-state index contributed by atoms with van der Waals surface area (Å²) in [6.07, 6.45) is 0. The van der Waals surface area contributed by atoms with Gasteiger partial charge in [0.15, 0.2) is 17.5 Å². The van der Waals surface area contributed by atoms with Gasteiger partial charge in [0.05, 0.1) is 0 Å². The monoisotopic (exact) mass is 727 g/mol. The van der Waals surface area contributed by atoms with E-state index in [1.165, 1.54) is 11.1 Å². The molecule has 0 fully saturated rings. The van der Waals surface area contributed by atoms with Crippen molar-refractivity contribution >= 4 is 155 Å². The van der Waals surface area contributed by atoms with Crippen molar-refractivity contribution in [3.05, 3.63) is 115 Å². The van der Waals surface area contributed by atoms with Gasteiger partial charge in [0, 0.05) is 27.5 Å². The second-order valence-corrected chi connectivity index (χ2v) is 14.2. The van der Waals surface area contributed by atoms with Crippen LogP contribution < -0.4 is 54.6 Å². The molecule has 0 aliphatic carbocycles. The summed E-state index contributed by atoms with van der Waals surface area (Å²) in [4.78, 5) is 14.2. The Morgan fingerprint density at radius 2 is 0.661 bits per heavy atom. The summed E-state index contributed by atoms with van der Waals surface area (Å²) < 4.78 is 6.37. The first-order valence-electron chi connectivity index (χ1n) is 18.4. The molecule has 0 amide bonds. The minimum absolute atomic E-state index is 0.00994. The third-order valence-electron chi connectivity index (χ3n) is 10.8. The van der Waals surface area contributed by atoms with Crippen LogP contribution in [0.4, 0.5) is 0 Å². The summed E-state index contributed by atoms with van der Waals surface area (Å²) in [5.41, 5.74) is 9.07. The number of hydrogen-bond donors (Lipinski definition) is 0. The quantitative estimate of drug-likeness (QED) is 0.222. The second kappa shape index (κ2) is 15.0. The van der Waals surface area contributed by atoms with Crippen LogP contribution in [0.3, 0.4) is 0 Å². The molecule has 0 spiro atoms. The molecule has 59 heavy (non-hydrogen) atoms. The van der Waals surface area contributed by atoms with Gasteiger partial charge in [-0.25, -0.2) is 15.0 Å². The van der Waals surface area contributed by atoms with Crippen LogP contribution in [0.1, 0.15) is 0 Å². The van der Waals surface area contributed by atoms with E-state index in [9.17, 15) is 0 Å². The Labute approximate surface area is 355 Å². The van der Waals surface area contributed by atoms with E-state index < -0.39 is 0 Å². The summed E-state index contributed by atoms with van der Waals surface area (Å²) >= 11 is 0. The van der Waals surface area contributed by atoms with Crippen LogP contribution >= 0.6 is 0 Å². The molecule has 0 aliphatic rings. The number of nitrogens with zero attached hydrogens (tertiary/aromatic N) is 3. The molecule has 2 aromatic heterocycles. The zero-order chi connectivity index (χ0) is 41.3. The fraction of sp³-hybridized carbons (Fsp3) is 0. The van der Waals surface area contributed by atoms with E-state index in [0.717, 1.165) is 33.0 Å². The molecule has 0 saturated heterocycles. The Bertz CT molecular complexity index is 3010. The number of fused-ring (bicyclic) bond motifs is 3. The third kappa shape index (κ3) is 6.63. The number of hydrogen-bond acceptors (Lipinski definition) is 4. The Morgan fingerprint density at radius 3 is 1.14 bits per heavy atom. The Hall–Kier alpha value is -6.00. The van der Waals surface area contributed by atoms with Crippen LogP contribution in [0.2, 0.25) is 0 Å². The van der Waals surface area contributed by atoms with Crippen molar-refractivity contribution in [2.45, 2.75) is 0 Å². The van der Waals surface area contributed by atoms with Crippen LogP contribution in [-0.2, 0) is 0 Å². The van der Waals surface area contributed by atoms with Gasteiger partial charge >= 0.3 is 0 Å². The average molecular weight is 726 g/mol. The Balaban J connectivity index is 1.11. The zero-order valence-electron chi connectivity index (χ0n) is 31.5. The standard InChI is InChI=1S/C45H19B10N3O/c46-33-31(34(47)38(51)41(54)37(33)50)44-56-43(57-45(58-44)32-35(48)39(52)42(55)40(53)36(32)49)26-14-16-27-28-18-25(15-17-29(28)59-30(27)19-26)24-12-10-23(11-13-24)22-8-6-21(7-9-22)20-4-2-1-3-5-20/h1-19H. The molecule has 0 aliphatic heterocycles. The Morgan fingerprint density at radius 1 is 0.288 bits per heavy atom. The first-order chi connectivity index (χ1) is 28.4. The summed E-state index contributed by atoms with van der Waals surface area (Å²) in [5.74, 6) is 0.204. The van der Waals surface area contributed by atoms with Crippen molar-refractivity contribution < 1.29 is 4.42 Å². The predicted molar refractivity (Wildman–Crippen MR) is 254 cm³/mol. The van der Waals surface area contributed by atoms with Crippen LogP contribution in [0.25, 0.3) is 89.5 Å². The molecule has 0 atom stereocenters. The molecule has 20 radical (unpaired) electrons. The van der Waals surface area contributed by atoms with Crippen molar-refractivity contribution in [1.82, 2.24) is 15.0 Å². The van der Waals surface area contributed by atoms with E-state index in [-0.39, 0.29) is 83.2 Å². The minimum Gasteiger partial charge on any atom is -0.456 e. The molecule has 4 nitrogen and oxygen atoms in total. The molecule has 0 saturated carbocycles.